The van der Waals surface area contributed by atoms with Gasteiger partial charge in [-0.05, 0) is 80.3 Å². The topological polar surface area (TPSA) is 70.6 Å². The van der Waals surface area contributed by atoms with Gasteiger partial charge in [0.15, 0.2) is 15.8 Å². The van der Waals surface area contributed by atoms with Crippen molar-refractivity contribution in [2.75, 3.05) is 19.3 Å². The summed E-state index contributed by atoms with van der Waals surface area (Å²) in [5, 5.41) is 6.84. The number of rotatable bonds is 7. The van der Waals surface area contributed by atoms with Crippen LogP contribution in [0.1, 0.15) is 55.0 Å². The largest absolute Gasteiger partial charge is 0.357 e. The molecule has 3 rings (SSSR count). The van der Waals surface area contributed by atoms with Crippen molar-refractivity contribution in [1.82, 2.24) is 10.6 Å². The molecule has 2 aromatic carbocycles. The van der Waals surface area contributed by atoms with Gasteiger partial charge in [0, 0.05) is 19.3 Å². The fraction of sp³-hybridized carbons (Fsp3) is 0.458. The van der Waals surface area contributed by atoms with Crippen LogP contribution in [-0.4, -0.2) is 33.7 Å². The predicted molar refractivity (Wildman–Crippen MR) is 124 cm³/mol. The summed E-state index contributed by atoms with van der Waals surface area (Å²) >= 11 is 0. The van der Waals surface area contributed by atoms with Crippen molar-refractivity contribution in [3.05, 3.63) is 64.7 Å². The number of nitrogens with one attached hydrogen (secondary N) is 2. The van der Waals surface area contributed by atoms with E-state index in [1.54, 1.807) is 12.1 Å². The van der Waals surface area contributed by atoms with Crippen molar-refractivity contribution >= 4 is 15.8 Å². The van der Waals surface area contributed by atoms with Crippen molar-refractivity contribution in [3.8, 4) is 0 Å². The summed E-state index contributed by atoms with van der Waals surface area (Å²) in [4.78, 5) is 5.06. The lowest BCUT2D eigenvalue weighted by molar-refractivity contribution is 0.602. The number of hydrogen-bond donors (Lipinski definition) is 2. The van der Waals surface area contributed by atoms with Gasteiger partial charge in [-0.2, -0.15) is 0 Å². The SMILES string of the molecule is CCNC(=NCCc1ccc(S(C)(=O)=O)cc1)NC(C)c1ccc2c(c1)CCCC2. The molecule has 5 nitrogen and oxygen atoms in total. The molecule has 2 aromatic rings. The quantitative estimate of drug-likeness (QED) is 0.520. The number of nitrogens with zero attached hydrogens (tertiary/aromatic N) is 1. The Labute approximate surface area is 180 Å². The second-order valence-corrected chi connectivity index (χ2v) is 10.0. The Morgan fingerprint density at radius 2 is 1.77 bits per heavy atom. The minimum Gasteiger partial charge on any atom is -0.357 e. The summed E-state index contributed by atoms with van der Waals surface area (Å²) < 4.78 is 23.2. The Balaban J connectivity index is 1.61. The highest BCUT2D eigenvalue weighted by Gasteiger charge is 2.13. The number of sulfone groups is 1. The molecule has 0 heterocycles. The molecule has 0 radical (unpaired) electrons. The molecule has 2 N–H and O–H groups in total. The Hall–Kier alpha value is -2.34. The summed E-state index contributed by atoms with van der Waals surface area (Å²) in [5.41, 5.74) is 5.36. The van der Waals surface area contributed by atoms with Crippen LogP contribution in [0.2, 0.25) is 0 Å². The summed E-state index contributed by atoms with van der Waals surface area (Å²) in [5.74, 6) is 0.801. The fourth-order valence-corrected chi connectivity index (χ4v) is 4.46. The van der Waals surface area contributed by atoms with E-state index < -0.39 is 9.84 Å². The number of fused-ring (bicyclic) bond motifs is 1. The Kier molecular flexibility index (Phi) is 7.53. The van der Waals surface area contributed by atoms with Gasteiger partial charge in [0.25, 0.3) is 0 Å². The van der Waals surface area contributed by atoms with Gasteiger partial charge >= 0.3 is 0 Å². The molecule has 30 heavy (non-hydrogen) atoms. The lowest BCUT2D eigenvalue weighted by Crippen LogP contribution is -2.39. The normalized spacial score (nSPS) is 15.4. The molecule has 1 aliphatic rings. The zero-order chi connectivity index (χ0) is 21.6. The first-order valence-corrected chi connectivity index (χ1v) is 12.7. The lowest BCUT2D eigenvalue weighted by Gasteiger charge is -2.21. The molecule has 0 bridgehead atoms. The standard InChI is InChI=1S/C24H33N3O2S/c1-4-25-24(26-16-15-19-9-13-23(14-10-19)30(3,28)29)27-18(2)21-12-11-20-7-5-6-8-22(20)17-21/h9-14,17-18H,4-8,15-16H2,1-3H3,(H2,25,26,27). The van der Waals surface area contributed by atoms with Crippen LogP contribution in [-0.2, 0) is 29.1 Å². The minimum atomic E-state index is -3.15. The first-order valence-electron chi connectivity index (χ1n) is 10.8. The van der Waals surface area contributed by atoms with Crippen LogP contribution in [0, 0.1) is 0 Å². The molecule has 0 saturated carbocycles. The summed E-state index contributed by atoms with van der Waals surface area (Å²) in [6, 6.07) is 14.1. The molecule has 0 aromatic heterocycles. The minimum absolute atomic E-state index is 0.170. The molecule has 6 heteroatoms. The summed E-state index contributed by atoms with van der Waals surface area (Å²) in [6.45, 7) is 5.66. The van der Waals surface area contributed by atoms with E-state index in [0.717, 1.165) is 24.5 Å². The van der Waals surface area contributed by atoms with Crippen LogP contribution < -0.4 is 10.6 Å². The van der Waals surface area contributed by atoms with Crippen LogP contribution >= 0.6 is 0 Å². The van der Waals surface area contributed by atoms with Gasteiger partial charge < -0.3 is 10.6 Å². The molecule has 1 aliphatic carbocycles. The maximum absolute atomic E-state index is 11.6. The second kappa shape index (κ2) is 10.1. The number of aliphatic imine (C=N–C) groups is 1. The molecule has 0 aliphatic heterocycles. The van der Waals surface area contributed by atoms with Crippen molar-refractivity contribution in [2.45, 2.75) is 56.9 Å². The zero-order valence-corrected chi connectivity index (χ0v) is 19.1. The molecule has 1 unspecified atom stereocenters. The van der Waals surface area contributed by atoms with Crippen molar-refractivity contribution in [1.29, 1.82) is 0 Å². The predicted octanol–water partition coefficient (Wildman–Crippen LogP) is 3.83. The zero-order valence-electron chi connectivity index (χ0n) is 18.2. The van der Waals surface area contributed by atoms with E-state index in [1.165, 1.54) is 48.6 Å². The molecule has 0 amide bonds. The van der Waals surface area contributed by atoms with Crippen LogP contribution in [0.15, 0.2) is 52.4 Å². The third-order valence-electron chi connectivity index (χ3n) is 5.59. The van der Waals surface area contributed by atoms with Gasteiger partial charge in [0.2, 0.25) is 0 Å². The van der Waals surface area contributed by atoms with Crippen LogP contribution in [0.25, 0.3) is 0 Å². The van der Waals surface area contributed by atoms with Crippen molar-refractivity contribution < 1.29 is 8.42 Å². The molecular formula is C24H33N3O2S. The third-order valence-corrected chi connectivity index (χ3v) is 6.72. The Bertz CT molecular complexity index is 982. The maximum atomic E-state index is 11.6. The molecule has 1 atom stereocenters. The number of benzene rings is 2. The van der Waals surface area contributed by atoms with Crippen LogP contribution in [0.5, 0.6) is 0 Å². The molecule has 0 fully saturated rings. The maximum Gasteiger partial charge on any atom is 0.191 e. The van der Waals surface area contributed by atoms with Gasteiger partial charge in [-0.1, -0.05) is 30.3 Å². The van der Waals surface area contributed by atoms with Crippen molar-refractivity contribution in [3.63, 3.8) is 0 Å². The second-order valence-electron chi connectivity index (χ2n) is 8.03. The average Bonchev–Trinajstić information content (AvgIpc) is 2.73. The van der Waals surface area contributed by atoms with E-state index in [1.807, 2.05) is 12.1 Å². The third kappa shape index (κ3) is 6.08. The van der Waals surface area contributed by atoms with Crippen LogP contribution in [0.4, 0.5) is 0 Å². The number of aryl methyl sites for hydroxylation is 2. The highest BCUT2D eigenvalue weighted by molar-refractivity contribution is 7.90. The van der Waals surface area contributed by atoms with E-state index >= 15 is 0 Å². The Morgan fingerprint density at radius 3 is 2.43 bits per heavy atom. The fourth-order valence-electron chi connectivity index (χ4n) is 3.83. The van der Waals surface area contributed by atoms with Crippen molar-refractivity contribution in [2.24, 2.45) is 4.99 Å². The van der Waals surface area contributed by atoms with Gasteiger partial charge in [-0.25, -0.2) is 8.42 Å². The Morgan fingerprint density at radius 1 is 1.07 bits per heavy atom. The van der Waals surface area contributed by atoms with E-state index in [2.05, 4.69) is 42.7 Å². The van der Waals surface area contributed by atoms with E-state index in [9.17, 15) is 8.42 Å². The lowest BCUT2D eigenvalue weighted by atomic mass is 9.89. The average molecular weight is 428 g/mol. The number of guanidine groups is 1. The monoisotopic (exact) mass is 427 g/mol. The summed E-state index contributed by atoms with van der Waals surface area (Å²) in [7, 11) is -3.15. The van der Waals surface area contributed by atoms with Crippen LogP contribution in [0.3, 0.4) is 0 Å². The summed E-state index contributed by atoms with van der Waals surface area (Å²) in [6.07, 6.45) is 6.95. The highest BCUT2D eigenvalue weighted by atomic mass is 32.2. The van der Waals surface area contributed by atoms with E-state index in [4.69, 9.17) is 4.99 Å². The van der Waals surface area contributed by atoms with E-state index in [0.29, 0.717) is 11.4 Å². The van der Waals surface area contributed by atoms with Gasteiger partial charge in [-0.3, -0.25) is 4.99 Å². The van der Waals surface area contributed by atoms with Gasteiger partial charge in [-0.15, -0.1) is 0 Å². The molecule has 0 saturated heterocycles. The molecule has 0 spiro atoms. The van der Waals surface area contributed by atoms with E-state index in [-0.39, 0.29) is 6.04 Å². The highest BCUT2D eigenvalue weighted by Crippen LogP contribution is 2.24. The first kappa shape index (κ1) is 22.3. The molecular weight excluding hydrogens is 394 g/mol. The number of hydrogen-bond acceptors (Lipinski definition) is 3. The van der Waals surface area contributed by atoms with Gasteiger partial charge in [0.05, 0.1) is 10.9 Å². The van der Waals surface area contributed by atoms with Gasteiger partial charge in [0.1, 0.15) is 0 Å². The first-order chi connectivity index (χ1) is 14.4. The smallest absolute Gasteiger partial charge is 0.191 e. The molecule has 162 valence electrons.